The smallest absolute Gasteiger partial charge is 0.247 e. The number of aromatic nitrogens is 1. The third kappa shape index (κ3) is 4.94. The quantitative estimate of drug-likeness (QED) is 0.736. The minimum Gasteiger partial charge on any atom is -0.437 e. The average molecular weight is 391 g/mol. The first-order valence-electron chi connectivity index (χ1n) is 8.68. The Morgan fingerprint density at radius 3 is 2.81 bits per heavy atom. The van der Waals surface area contributed by atoms with Crippen LogP contribution in [0.3, 0.4) is 0 Å². The number of likely N-dealkylation sites (N-methyl/N-ethyl adjacent to an activating group) is 1. The van der Waals surface area contributed by atoms with E-state index in [1.165, 1.54) is 17.1 Å². The van der Waals surface area contributed by atoms with E-state index in [1.807, 2.05) is 18.2 Å². The van der Waals surface area contributed by atoms with Gasteiger partial charge in [0.15, 0.2) is 15.4 Å². The molecule has 0 saturated carbocycles. The Hall–Kier alpha value is -2.68. The molecule has 1 aromatic carbocycles. The maximum absolute atomic E-state index is 12.3. The number of para-hydroxylation sites is 2. The fourth-order valence-corrected chi connectivity index (χ4v) is 4.58. The number of carbonyl (C=O) groups is 2. The highest BCUT2D eigenvalue weighted by Gasteiger charge is 2.29. The fraction of sp³-hybridized carbons (Fsp3) is 0.389. The molecule has 27 heavy (non-hydrogen) atoms. The number of benzene rings is 1. The van der Waals surface area contributed by atoms with Gasteiger partial charge in [-0.3, -0.25) is 9.59 Å². The van der Waals surface area contributed by atoms with Crippen LogP contribution in [0.25, 0.3) is 17.2 Å². The van der Waals surface area contributed by atoms with Gasteiger partial charge in [-0.2, -0.15) is 0 Å². The van der Waals surface area contributed by atoms with Crippen molar-refractivity contribution >= 4 is 38.8 Å². The molecule has 2 amide bonds. The zero-order chi connectivity index (χ0) is 19.4. The van der Waals surface area contributed by atoms with E-state index in [0.29, 0.717) is 30.0 Å². The Balaban J connectivity index is 1.57. The maximum Gasteiger partial charge on any atom is 0.247 e. The van der Waals surface area contributed by atoms with Gasteiger partial charge in [-0.25, -0.2) is 13.4 Å². The molecule has 8 nitrogen and oxygen atoms in total. The van der Waals surface area contributed by atoms with Crippen molar-refractivity contribution in [2.75, 3.05) is 24.6 Å². The van der Waals surface area contributed by atoms with Gasteiger partial charge in [-0.15, -0.1) is 0 Å². The molecule has 1 aromatic heterocycles. The molecule has 1 aliphatic rings. The van der Waals surface area contributed by atoms with Gasteiger partial charge in [0.25, 0.3) is 0 Å². The standard InChI is InChI=1S/C18H21N3O5S/c1-2-21(11-16(22)19-13-9-10-27(24,25)12-13)18(23)8-7-17-20-14-5-3-4-6-15(14)26-17/h3-8,13H,2,9-12H2,1H3,(H,19,22)/b8-7+. The van der Waals surface area contributed by atoms with Gasteiger partial charge in [0.1, 0.15) is 5.52 Å². The second-order valence-corrected chi connectivity index (χ2v) is 8.60. The summed E-state index contributed by atoms with van der Waals surface area (Å²) in [5.74, 6) is -0.379. The summed E-state index contributed by atoms with van der Waals surface area (Å²) in [5, 5.41) is 2.68. The molecule has 0 aliphatic carbocycles. The molecule has 144 valence electrons. The number of amides is 2. The molecule has 1 fully saturated rings. The SMILES string of the molecule is CCN(CC(=O)NC1CCS(=O)(=O)C1)C(=O)/C=C/c1nc2ccccc2o1. The number of nitrogens with zero attached hydrogens (tertiary/aromatic N) is 2. The summed E-state index contributed by atoms with van der Waals surface area (Å²) in [6, 6.07) is 6.89. The van der Waals surface area contributed by atoms with E-state index < -0.39 is 9.84 Å². The van der Waals surface area contributed by atoms with Gasteiger partial charge in [-0.05, 0) is 25.5 Å². The highest BCUT2D eigenvalue weighted by molar-refractivity contribution is 7.91. The van der Waals surface area contributed by atoms with Gasteiger partial charge >= 0.3 is 0 Å². The number of fused-ring (bicyclic) bond motifs is 1. The summed E-state index contributed by atoms with van der Waals surface area (Å²) in [6.07, 6.45) is 3.18. The van der Waals surface area contributed by atoms with Crippen LogP contribution in [0.2, 0.25) is 0 Å². The molecule has 0 spiro atoms. The fourth-order valence-electron chi connectivity index (χ4n) is 2.91. The normalized spacial score (nSPS) is 18.8. The molecule has 1 aliphatic heterocycles. The molecule has 3 rings (SSSR count). The summed E-state index contributed by atoms with van der Waals surface area (Å²) in [6.45, 7) is 1.97. The van der Waals surface area contributed by atoms with Crippen molar-refractivity contribution in [3.8, 4) is 0 Å². The third-order valence-electron chi connectivity index (χ3n) is 4.30. The molecular weight excluding hydrogens is 370 g/mol. The first-order valence-corrected chi connectivity index (χ1v) is 10.5. The lowest BCUT2D eigenvalue weighted by molar-refractivity contribution is -0.132. The molecule has 1 atom stereocenters. The van der Waals surface area contributed by atoms with E-state index in [0.717, 1.165) is 0 Å². The summed E-state index contributed by atoms with van der Waals surface area (Å²) >= 11 is 0. The average Bonchev–Trinajstić information content (AvgIpc) is 3.19. The Morgan fingerprint density at radius 1 is 1.37 bits per heavy atom. The van der Waals surface area contributed by atoms with Crippen LogP contribution in [0.15, 0.2) is 34.8 Å². The van der Waals surface area contributed by atoms with E-state index in [2.05, 4.69) is 10.3 Å². The summed E-state index contributed by atoms with van der Waals surface area (Å²) < 4.78 is 28.4. The zero-order valence-electron chi connectivity index (χ0n) is 14.9. The Bertz CT molecular complexity index is 947. The number of sulfone groups is 1. The number of oxazole rings is 1. The number of rotatable bonds is 6. The van der Waals surface area contributed by atoms with Crippen LogP contribution in [0.4, 0.5) is 0 Å². The Morgan fingerprint density at radius 2 is 2.15 bits per heavy atom. The Kier molecular flexibility index (Phi) is 5.59. The second kappa shape index (κ2) is 7.91. The third-order valence-corrected chi connectivity index (χ3v) is 6.07. The first-order chi connectivity index (χ1) is 12.9. The monoisotopic (exact) mass is 391 g/mol. The van der Waals surface area contributed by atoms with Crippen LogP contribution in [0.1, 0.15) is 19.2 Å². The van der Waals surface area contributed by atoms with Crippen LogP contribution in [0.5, 0.6) is 0 Å². The summed E-state index contributed by atoms with van der Waals surface area (Å²) in [7, 11) is -3.07. The van der Waals surface area contributed by atoms with Crippen molar-refractivity contribution in [2.45, 2.75) is 19.4 Å². The van der Waals surface area contributed by atoms with Gasteiger partial charge in [0, 0.05) is 24.7 Å². The van der Waals surface area contributed by atoms with E-state index >= 15 is 0 Å². The maximum atomic E-state index is 12.3. The number of hydrogen-bond acceptors (Lipinski definition) is 6. The van der Waals surface area contributed by atoms with Crippen LogP contribution in [-0.2, 0) is 19.4 Å². The van der Waals surface area contributed by atoms with Gasteiger partial charge in [-0.1, -0.05) is 12.1 Å². The van der Waals surface area contributed by atoms with Crippen molar-refractivity contribution in [1.29, 1.82) is 0 Å². The van der Waals surface area contributed by atoms with Crippen molar-refractivity contribution in [2.24, 2.45) is 0 Å². The van der Waals surface area contributed by atoms with E-state index in [1.54, 1.807) is 13.0 Å². The first kappa shape index (κ1) is 19.1. The number of nitrogens with one attached hydrogen (secondary N) is 1. The lowest BCUT2D eigenvalue weighted by atomic mass is 10.2. The molecule has 0 radical (unpaired) electrons. The minimum atomic E-state index is -3.07. The van der Waals surface area contributed by atoms with Gasteiger partial charge < -0.3 is 14.6 Å². The predicted octanol–water partition coefficient (Wildman–Crippen LogP) is 0.993. The molecule has 2 heterocycles. The lowest BCUT2D eigenvalue weighted by Gasteiger charge is -2.20. The van der Waals surface area contributed by atoms with Crippen molar-refractivity contribution in [3.05, 3.63) is 36.2 Å². The molecular formula is C18H21N3O5S. The van der Waals surface area contributed by atoms with Crippen LogP contribution in [-0.4, -0.2) is 60.8 Å². The summed E-state index contributed by atoms with van der Waals surface area (Å²) in [4.78, 5) is 30.1. The van der Waals surface area contributed by atoms with Gasteiger partial charge in [0.05, 0.1) is 18.1 Å². The highest BCUT2D eigenvalue weighted by atomic mass is 32.2. The second-order valence-electron chi connectivity index (χ2n) is 6.37. The Labute approximate surface area is 157 Å². The van der Waals surface area contributed by atoms with E-state index in [4.69, 9.17) is 4.42 Å². The predicted molar refractivity (Wildman–Crippen MR) is 100 cm³/mol. The molecule has 1 N–H and O–H groups in total. The number of hydrogen-bond donors (Lipinski definition) is 1. The largest absolute Gasteiger partial charge is 0.437 e. The topological polar surface area (TPSA) is 110 Å². The lowest BCUT2D eigenvalue weighted by Crippen LogP contribution is -2.44. The van der Waals surface area contributed by atoms with Gasteiger partial charge in [0.2, 0.25) is 17.7 Å². The van der Waals surface area contributed by atoms with Crippen molar-refractivity contribution in [1.82, 2.24) is 15.2 Å². The zero-order valence-corrected chi connectivity index (χ0v) is 15.7. The highest BCUT2D eigenvalue weighted by Crippen LogP contribution is 2.15. The molecule has 1 unspecified atom stereocenters. The minimum absolute atomic E-state index is 0.0452. The molecule has 1 saturated heterocycles. The molecule has 9 heteroatoms. The van der Waals surface area contributed by atoms with Crippen LogP contribution < -0.4 is 5.32 Å². The molecule has 2 aromatic rings. The molecule has 0 bridgehead atoms. The van der Waals surface area contributed by atoms with E-state index in [9.17, 15) is 18.0 Å². The van der Waals surface area contributed by atoms with Crippen molar-refractivity contribution in [3.63, 3.8) is 0 Å². The van der Waals surface area contributed by atoms with Crippen LogP contribution in [0, 0.1) is 0 Å². The van der Waals surface area contributed by atoms with E-state index in [-0.39, 0.29) is 35.9 Å². The van der Waals surface area contributed by atoms with Crippen molar-refractivity contribution < 1.29 is 22.4 Å². The summed E-state index contributed by atoms with van der Waals surface area (Å²) in [5.41, 5.74) is 1.32. The number of carbonyl (C=O) groups excluding carboxylic acids is 2. The van der Waals surface area contributed by atoms with Crippen LogP contribution >= 0.6 is 0 Å².